The van der Waals surface area contributed by atoms with E-state index in [0.717, 1.165) is 29.0 Å². The number of aromatic amines is 1. The van der Waals surface area contributed by atoms with Crippen LogP contribution in [0.4, 0.5) is 0 Å². The number of fused-ring (bicyclic) bond motifs is 1. The van der Waals surface area contributed by atoms with E-state index in [1.807, 2.05) is 18.2 Å². The smallest absolute Gasteiger partial charge is 0.119 e. The minimum absolute atomic E-state index is 0.782. The van der Waals surface area contributed by atoms with Gasteiger partial charge in [0.15, 0.2) is 0 Å². The second-order valence-corrected chi connectivity index (χ2v) is 5.17. The fourth-order valence-corrected chi connectivity index (χ4v) is 2.38. The van der Waals surface area contributed by atoms with E-state index in [0.29, 0.717) is 0 Å². The lowest BCUT2D eigenvalue weighted by atomic mass is 10.1. The molecule has 0 fully saturated rings. The Kier molecular flexibility index (Phi) is 3.18. The topological polar surface area (TPSA) is 37.9 Å². The first kappa shape index (κ1) is 12.7. The first-order valence-electron chi connectivity index (χ1n) is 6.74. The Hall–Kier alpha value is -2.29. The molecule has 3 heteroatoms. The lowest BCUT2D eigenvalue weighted by molar-refractivity contribution is 0.414. The average Bonchev–Trinajstić information content (AvgIpc) is 2.80. The first-order valence-corrected chi connectivity index (χ1v) is 6.74. The van der Waals surface area contributed by atoms with Gasteiger partial charge in [0.2, 0.25) is 0 Å². The van der Waals surface area contributed by atoms with Crippen molar-refractivity contribution in [1.29, 1.82) is 0 Å². The normalized spacial score (nSPS) is 10.9. The standard InChI is InChI=1S/C17H18N2O/c1-11-7-15-16(8-12(11)2)19-17(18-15)10-13-5-4-6-14(9-13)20-3/h4-9H,10H2,1-3H3,(H,18,19). The molecule has 1 aromatic heterocycles. The van der Waals surface area contributed by atoms with Crippen molar-refractivity contribution >= 4 is 11.0 Å². The number of aromatic nitrogens is 2. The van der Waals surface area contributed by atoms with E-state index in [1.54, 1.807) is 7.11 Å². The Labute approximate surface area is 118 Å². The molecule has 102 valence electrons. The number of imidazole rings is 1. The van der Waals surface area contributed by atoms with Crippen molar-refractivity contribution in [3.05, 3.63) is 58.9 Å². The third kappa shape index (κ3) is 2.39. The van der Waals surface area contributed by atoms with Gasteiger partial charge in [-0.15, -0.1) is 0 Å². The van der Waals surface area contributed by atoms with Crippen molar-refractivity contribution in [1.82, 2.24) is 9.97 Å². The SMILES string of the molecule is COc1cccc(Cc2nc3cc(C)c(C)cc3[nH]2)c1. The number of benzene rings is 2. The maximum Gasteiger partial charge on any atom is 0.119 e. The molecule has 0 unspecified atom stereocenters. The number of aryl methyl sites for hydroxylation is 2. The Bertz CT molecular complexity index is 720. The Morgan fingerprint density at radius 3 is 2.70 bits per heavy atom. The fraction of sp³-hybridized carbons (Fsp3) is 0.235. The van der Waals surface area contributed by atoms with Gasteiger partial charge in [-0.25, -0.2) is 4.98 Å². The highest BCUT2D eigenvalue weighted by molar-refractivity contribution is 5.77. The highest BCUT2D eigenvalue weighted by atomic mass is 16.5. The quantitative estimate of drug-likeness (QED) is 0.783. The van der Waals surface area contributed by atoms with Gasteiger partial charge in [0.1, 0.15) is 11.6 Å². The van der Waals surface area contributed by atoms with Crippen molar-refractivity contribution in [2.45, 2.75) is 20.3 Å². The molecule has 0 saturated carbocycles. The van der Waals surface area contributed by atoms with Crippen LogP contribution in [0.1, 0.15) is 22.5 Å². The van der Waals surface area contributed by atoms with E-state index in [9.17, 15) is 0 Å². The molecule has 20 heavy (non-hydrogen) atoms. The van der Waals surface area contributed by atoms with Gasteiger partial charge in [-0.3, -0.25) is 0 Å². The Balaban J connectivity index is 1.94. The van der Waals surface area contributed by atoms with Gasteiger partial charge in [-0.1, -0.05) is 12.1 Å². The van der Waals surface area contributed by atoms with E-state index >= 15 is 0 Å². The molecule has 1 N–H and O–H groups in total. The number of methoxy groups -OCH3 is 1. The molecular formula is C17H18N2O. The summed E-state index contributed by atoms with van der Waals surface area (Å²) in [7, 11) is 1.69. The largest absolute Gasteiger partial charge is 0.497 e. The molecular weight excluding hydrogens is 248 g/mol. The number of H-pyrrole nitrogens is 1. The van der Waals surface area contributed by atoms with Gasteiger partial charge >= 0.3 is 0 Å². The lowest BCUT2D eigenvalue weighted by Gasteiger charge is -2.02. The highest BCUT2D eigenvalue weighted by Gasteiger charge is 2.06. The van der Waals surface area contributed by atoms with Crippen molar-refractivity contribution < 1.29 is 4.74 Å². The van der Waals surface area contributed by atoms with Crippen LogP contribution >= 0.6 is 0 Å². The molecule has 3 rings (SSSR count). The maximum atomic E-state index is 5.25. The molecule has 0 amide bonds. The van der Waals surface area contributed by atoms with Gasteiger partial charge < -0.3 is 9.72 Å². The summed E-state index contributed by atoms with van der Waals surface area (Å²) in [5.41, 5.74) is 5.89. The van der Waals surface area contributed by atoms with Gasteiger partial charge in [0.25, 0.3) is 0 Å². The summed E-state index contributed by atoms with van der Waals surface area (Å²) in [6, 6.07) is 12.4. The van der Waals surface area contributed by atoms with Gasteiger partial charge in [-0.05, 0) is 54.8 Å². The van der Waals surface area contributed by atoms with Crippen molar-refractivity contribution in [3.63, 3.8) is 0 Å². The zero-order valence-corrected chi connectivity index (χ0v) is 12.0. The second-order valence-electron chi connectivity index (χ2n) is 5.17. The van der Waals surface area contributed by atoms with E-state index in [4.69, 9.17) is 4.74 Å². The summed E-state index contributed by atoms with van der Waals surface area (Å²) in [4.78, 5) is 8.07. The number of ether oxygens (including phenoxy) is 1. The Morgan fingerprint density at radius 2 is 1.90 bits per heavy atom. The van der Waals surface area contributed by atoms with Crippen LogP contribution in [0.15, 0.2) is 36.4 Å². The van der Waals surface area contributed by atoms with Crippen LogP contribution < -0.4 is 4.74 Å². The van der Waals surface area contributed by atoms with Gasteiger partial charge in [0.05, 0.1) is 18.1 Å². The summed E-state index contributed by atoms with van der Waals surface area (Å²) < 4.78 is 5.25. The van der Waals surface area contributed by atoms with Crippen LogP contribution in [0.3, 0.4) is 0 Å². The van der Waals surface area contributed by atoms with Crippen LogP contribution in [0.2, 0.25) is 0 Å². The van der Waals surface area contributed by atoms with E-state index in [-0.39, 0.29) is 0 Å². The third-order valence-electron chi connectivity index (χ3n) is 3.65. The van der Waals surface area contributed by atoms with Crippen LogP contribution in [-0.2, 0) is 6.42 Å². The average molecular weight is 266 g/mol. The zero-order chi connectivity index (χ0) is 14.1. The summed E-state index contributed by atoms with van der Waals surface area (Å²) in [5, 5.41) is 0. The Morgan fingerprint density at radius 1 is 1.10 bits per heavy atom. The number of rotatable bonds is 3. The monoisotopic (exact) mass is 266 g/mol. The molecule has 3 nitrogen and oxygen atoms in total. The molecule has 0 atom stereocenters. The number of nitrogens with one attached hydrogen (secondary N) is 1. The van der Waals surface area contributed by atoms with Crippen LogP contribution in [0.25, 0.3) is 11.0 Å². The van der Waals surface area contributed by atoms with Crippen molar-refractivity contribution in [3.8, 4) is 5.75 Å². The molecule has 3 aromatic rings. The molecule has 0 aliphatic rings. The van der Waals surface area contributed by atoms with Crippen molar-refractivity contribution in [2.24, 2.45) is 0 Å². The molecule has 0 aliphatic heterocycles. The maximum absolute atomic E-state index is 5.25. The molecule has 0 aliphatic carbocycles. The van der Waals surface area contributed by atoms with E-state index < -0.39 is 0 Å². The molecule has 0 saturated heterocycles. The number of nitrogens with zero attached hydrogens (tertiary/aromatic N) is 1. The van der Waals surface area contributed by atoms with Crippen molar-refractivity contribution in [2.75, 3.05) is 7.11 Å². The number of hydrogen-bond acceptors (Lipinski definition) is 2. The summed E-state index contributed by atoms with van der Waals surface area (Å²) in [6.07, 6.45) is 0.782. The zero-order valence-electron chi connectivity index (χ0n) is 12.0. The minimum Gasteiger partial charge on any atom is -0.497 e. The van der Waals surface area contributed by atoms with E-state index in [1.165, 1.54) is 16.7 Å². The molecule has 0 bridgehead atoms. The van der Waals surface area contributed by atoms with Crippen LogP contribution in [-0.4, -0.2) is 17.1 Å². The molecule has 0 spiro atoms. The summed E-state index contributed by atoms with van der Waals surface area (Å²) in [5.74, 6) is 1.86. The highest BCUT2D eigenvalue weighted by Crippen LogP contribution is 2.20. The predicted octanol–water partition coefficient (Wildman–Crippen LogP) is 3.78. The van der Waals surface area contributed by atoms with Gasteiger partial charge in [0, 0.05) is 6.42 Å². The van der Waals surface area contributed by atoms with Crippen LogP contribution in [0.5, 0.6) is 5.75 Å². The third-order valence-corrected chi connectivity index (χ3v) is 3.65. The fourth-order valence-electron chi connectivity index (χ4n) is 2.38. The lowest BCUT2D eigenvalue weighted by Crippen LogP contribution is -1.91. The van der Waals surface area contributed by atoms with Crippen LogP contribution in [0, 0.1) is 13.8 Å². The second kappa shape index (κ2) is 5.00. The first-order chi connectivity index (χ1) is 9.65. The van der Waals surface area contributed by atoms with Gasteiger partial charge in [-0.2, -0.15) is 0 Å². The minimum atomic E-state index is 0.782. The molecule has 0 radical (unpaired) electrons. The molecule has 2 aromatic carbocycles. The molecule has 1 heterocycles. The summed E-state index contributed by atoms with van der Waals surface area (Å²) >= 11 is 0. The number of hydrogen-bond donors (Lipinski definition) is 1. The predicted molar refractivity (Wildman–Crippen MR) is 81.4 cm³/mol. The summed E-state index contributed by atoms with van der Waals surface area (Å²) in [6.45, 7) is 4.24. The van der Waals surface area contributed by atoms with E-state index in [2.05, 4.69) is 42.0 Å².